The maximum absolute atomic E-state index is 12.3. The Bertz CT molecular complexity index is 691. The number of benzene rings is 1. The first kappa shape index (κ1) is 13.8. The van der Waals surface area contributed by atoms with Crippen molar-refractivity contribution in [2.75, 3.05) is 18.9 Å². The average Bonchev–Trinajstić information content (AvgIpc) is 2.91. The molecule has 0 radical (unpaired) electrons. The summed E-state index contributed by atoms with van der Waals surface area (Å²) in [6.07, 6.45) is 0.274. The Labute approximate surface area is 121 Å². The number of nitrogen functional groups attached to an aromatic ring is 1. The van der Waals surface area contributed by atoms with Gasteiger partial charge in [-0.3, -0.25) is 4.79 Å². The number of rotatable bonds is 3. The van der Waals surface area contributed by atoms with Crippen molar-refractivity contribution in [2.45, 2.75) is 19.1 Å². The van der Waals surface area contributed by atoms with E-state index in [2.05, 4.69) is 9.97 Å². The number of ether oxygens (including phenoxy) is 2. The van der Waals surface area contributed by atoms with Crippen LogP contribution in [-0.2, 0) is 15.9 Å². The lowest BCUT2D eigenvalue weighted by Crippen LogP contribution is -2.33. The van der Waals surface area contributed by atoms with E-state index in [9.17, 15) is 4.79 Å². The fourth-order valence-electron chi connectivity index (χ4n) is 2.40. The van der Waals surface area contributed by atoms with Gasteiger partial charge in [0.25, 0.3) is 5.56 Å². The summed E-state index contributed by atoms with van der Waals surface area (Å²) in [5.74, 6) is -0.143. The zero-order valence-corrected chi connectivity index (χ0v) is 11.8. The van der Waals surface area contributed by atoms with Crippen molar-refractivity contribution < 1.29 is 9.47 Å². The van der Waals surface area contributed by atoms with Gasteiger partial charge in [-0.1, -0.05) is 30.3 Å². The maximum Gasteiger partial charge on any atom is 0.256 e. The molecule has 0 unspecified atom stereocenters. The number of nitrogens with two attached hydrogens (primary N) is 1. The number of anilines is 1. The molecule has 1 saturated heterocycles. The Morgan fingerprint density at radius 1 is 1.29 bits per heavy atom. The fraction of sp³-hybridized carbons (Fsp3) is 0.333. The van der Waals surface area contributed by atoms with Crippen LogP contribution in [0.5, 0.6) is 0 Å². The summed E-state index contributed by atoms with van der Waals surface area (Å²) >= 11 is 0. The van der Waals surface area contributed by atoms with Crippen molar-refractivity contribution in [3.8, 4) is 11.4 Å². The van der Waals surface area contributed by atoms with Gasteiger partial charge >= 0.3 is 0 Å². The van der Waals surface area contributed by atoms with E-state index in [0.29, 0.717) is 24.6 Å². The second-order valence-electron chi connectivity index (χ2n) is 5.15. The van der Waals surface area contributed by atoms with Crippen LogP contribution in [0, 0.1) is 0 Å². The number of hydrogen-bond acceptors (Lipinski definition) is 5. The predicted molar refractivity (Wildman–Crippen MR) is 78.7 cm³/mol. The summed E-state index contributed by atoms with van der Waals surface area (Å²) in [4.78, 5) is 19.3. The highest BCUT2D eigenvalue weighted by Crippen LogP contribution is 2.24. The van der Waals surface area contributed by atoms with E-state index in [4.69, 9.17) is 15.2 Å². The molecule has 2 heterocycles. The Hall–Kier alpha value is -2.18. The summed E-state index contributed by atoms with van der Waals surface area (Å²) in [6.45, 7) is 2.83. The van der Waals surface area contributed by atoms with E-state index < -0.39 is 5.79 Å². The molecule has 3 N–H and O–H groups in total. The second kappa shape index (κ2) is 5.31. The fourth-order valence-corrected chi connectivity index (χ4v) is 2.40. The Balaban J connectivity index is 1.95. The lowest BCUT2D eigenvalue weighted by Gasteiger charge is -2.22. The van der Waals surface area contributed by atoms with Crippen LogP contribution in [0.1, 0.15) is 12.5 Å². The molecule has 1 aliphatic heterocycles. The van der Waals surface area contributed by atoms with Crippen molar-refractivity contribution in [1.29, 1.82) is 0 Å². The third kappa shape index (κ3) is 2.81. The number of nitrogens with zero attached hydrogens (tertiary/aromatic N) is 1. The summed E-state index contributed by atoms with van der Waals surface area (Å²) in [7, 11) is 0. The predicted octanol–water partition coefficient (Wildman–Crippen LogP) is 1.32. The summed E-state index contributed by atoms with van der Waals surface area (Å²) in [6, 6.07) is 9.38. The summed E-state index contributed by atoms with van der Waals surface area (Å²) in [5, 5.41) is 0. The molecule has 0 aliphatic carbocycles. The molecule has 2 aromatic rings. The third-order valence-electron chi connectivity index (χ3n) is 3.49. The highest BCUT2D eigenvalue weighted by molar-refractivity contribution is 5.57. The number of hydrogen-bond donors (Lipinski definition) is 2. The molecule has 6 heteroatoms. The molecule has 1 aliphatic rings. The number of aromatic amines is 1. The van der Waals surface area contributed by atoms with Gasteiger partial charge in [0.05, 0.1) is 18.8 Å². The lowest BCUT2D eigenvalue weighted by molar-refractivity contribution is -0.140. The molecular formula is C15H17N3O3. The van der Waals surface area contributed by atoms with Gasteiger partial charge in [0.2, 0.25) is 0 Å². The molecule has 0 bridgehead atoms. The van der Waals surface area contributed by atoms with Gasteiger partial charge < -0.3 is 20.2 Å². The monoisotopic (exact) mass is 287 g/mol. The topological polar surface area (TPSA) is 90.2 Å². The average molecular weight is 287 g/mol. The third-order valence-corrected chi connectivity index (χ3v) is 3.49. The highest BCUT2D eigenvalue weighted by Gasteiger charge is 2.33. The minimum Gasteiger partial charge on any atom is -0.383 e. The van der Waals surface area contributed by atoms with Crippen LogP contribution in [0.15, 0.2) is 35.1 Å². The molecule has 110 valence electrons. The second-order valence-corrected chi connectivity index (χ2v) is 5.15. The smallest absolute Gasteiger partial charge is 0.256 e. The van der Waals surface area contributed by atoms with Crippen LogP contribution in [0.2, 0.25) is 0 Å². The zero-order chi connectivity index (χ0) is 14.9. The van der Waals surface area contributed by atoms with Gasteiger partial charge in [-0.05, 0) is 6.92 Å². The van der Waals surface area contributed by atoms with Crippen molar-refractivity contribution in [1.82, 2.24) is 9.97 Å². The Kier molecular flexibility index (Phi) is 3.48. The van der Waals surface area contributed by atoms with Gasteiger partial charge in [0.15, 0.2) is 5.79 Å². The van der Waals surface area contributed by atoms with Crippen LogP contribution in [0.3, 0.4) is 0 Å². The number of H-pyrrole nitrogens is 1. The highest BCUT2D eigenvalue weighted by atomic mass is 16.7. The van der Waals surface area contributed by atoms with Crippen LogP contribution >= 0.6 is 0 Å². The Morgan fingerprint density at radius 2 is 1.95 bits per heavy atom. The minimum absolute atomic E-state index is 0.206. The molecule has 1 aromatic heterocycles. The molecular weight excluding hydrogens is 270 g/mol. The minimum atomic E-state index is -0.808. The molecule has 0 atom stereocenters. The first-order valence-electron chi connectivity index (χ1n) is 6.79. The van der Waals surface area contributed by atoms with Gasteiger partial charge in [-0.15, -0.1) is 0 Å². The molecule has 21 heavy (non-hydrogen) atoms. The van der Waals surface area contributed by atoms with Crippen LogP contribution < -0.4 is 11.3 Å². The quantitative estimate of drug-likeness (QED) is 0.888. The number of nitrogens with one attached hydrogen (secondary N) is 1. The molecule has 0 saturated carbocycles. The first-order chi connectivity index (χ1) is 10.1. The van der Waals surface area contributed by atoms with E-state index in [0.717, 1.165) is 5.56 Å². The van der Waals surface area contributed by atoms with E-state index in [1.807, 2.05) is 30.3 Å². The standard InChI is InChI=1S/C15H17N3O3/c1-15(20-7-8-21-15)9-11-12(16)17-13(18-14(11)19)10-5-3-2-4-6-10/h2-6H,7-9H2,1H3,(H3,16,17,18,19). The number of aromatic nitrogens is 2. The van der Waals surface area contributed by atoms with Crippen molar-refractivity contribution in [3.63, 3.8) is 0 Å². The van der Waals surface area contributed by atoms with Crippen molar-refractivity contribution >= 4 is 5.82 Å². The van der Waals surface area contributed by atoms with Gasteiger partial charge in [0, 0.05) is 12.0 Å². The molecule has 3 rings (SSSR count). The van der Waals surface area contributed by atoms with E-state index in [-0.39, 0.29) is 17.8 Å². The van der Waals surface area contributed by atoms with Crippen LogP contribution in [0.25, 0.3) is 11.4 Å². The summed E-state index contributed by atoms with van der Waals surface area (Å²) in [5.41, 5.74) is 6.89. The Morgan fingerprint density at radius 3 is 2.57 bits per heavy atom. The van der Waals surface area contributed by atoms with Gasteiger partial charge in [-0.2, -0.15) is 0 Å². The maximum atomic E-state index is 12.3. The van der Waals surface area contributed by atoms with E-state index in [1.165, 1.54) is 0 Å². The van der Waals surface area contributed by atoms with E-state index >= 15 is 0 Å². The SMILES string of the molecule is CC1(Cc2c(N)nc(-c3ccccc3)[nH]c2=O)OCCO1. The molecule has 6 nitrogen and oxygen atoms in total. The van der Waals surface area contributed by atoms with Crippen LogP contribution in [-0.4, -0.2) is 29.0 Å². The molecule has 0 spiro atoms. The molecule has 1 fully saturated rings. The van der Waals surface area contributed by atoms with Gasteiger partial charge in [0.1, 0.15) is 11.6 Å². The van der Waals surface area contributed by atoms with Crippen molar-refractivity contribution in [3.05, 3.63) is 46.2 Å². The van der Waals surface area contributed by atoms with Gasteiger partial charge in [-0.25, -0.2) is 4.98 Å². The van der Waals surface area contributed by atoms with E-state index in [1.54, 1.807) is 6.92 Å². The normalized spacial score (nSPS) is 17.0. The summed E-state index contributed by atoms with van der Waals surface area (Å²) < 4.78 is 11.0. The zero-order valence-electron chi connectivity index (χ0n) is 11.8. The molecule has 0 amide bonds. The van der Waals surface area contributed by atoms with Crippen molar-refractivity contribution in [2.24, 2.45) is 0 Å². The first-order valence-corrected chi connectivity index (χ1v) is 6.79. The van der Waals surface area contributed by atoms with Crippen LogP contribution in [0.4, 0.5) is 5.82 Å². The largest absolute Gasteiger partial charge is 0.383 e. The lowest BCUT2D eigenvalue weighted by atomic mass is 10.1. The molecule has 1 aromatic carbocycles.